The zero-order valence-electron chi connectivity index (χ0n) is 14.5. The molecule has 0 bridgehead atoms. The van der Waals surface area contributed by atoms with Gasteiger partial charge in [-0.25, -0.2) is 0 Å². The highest BCUT2D eigenvalue weighted by Gasteiger charge is 2.00. The second kappa shape index (κ2) is 8.82. The maximum absolute atomic E-state index is 4.32. The molecule has 0 saturated heterocycles. The van der Waals surface area contributed by atoms with E-state index in [4.69, 9.17) is 0 Å². The van der Waals surface area contributed by atoms with Gasteiger partial charge in [0.05, 0.1) is 11.4 Å². The quantitative estimate of drug-likeness (QED) is 0.438. The minimum Gasteiger partial charge on any atom is -0.385 e. The van der Waals surface area contributed by atoms with Gasteiger partial charge in [-0.15, -0.1) is 0 Å². The Bertz CT molecular complexity index is 727. The molecule has 24 heavy (non-hydrogen) atoms. The minimum atomic E-state index is 0.815. The molecule has 0 aliphatic rings. The van der Waals surface area contributed by atoms with Crippen molar-refractivity contribution >= 4 is 22.6 Å². The van der Waals surface area contributed by atoms with Gasteiger partial charge in [-0.3, -0.25) is 0 Å². The molecule has 0 heterocycles. The number of nitrogens with zero attached hydrogens (tertiary/aromatic N) is 2. The second-order valence-electron chi connectivity index (χ2n) is 5.84. The van der Waals surface area contributed by atoms with Crippen molar-refractivity contribution in [3.63, 3.8) is 0 Å². The SMILES string of the molecule is C=C(C)c1ccc(N=Nc2cccc(C(=C)NCCCC)c2)cc1. The number of rotatable bonds is 8. The fourth-order valence-electron chi connectivity index (χ4n) is 2.20. The molecular weight excluding hydrogens is 294 g/mol. The largest absolute Gasteiger partial charge is 0.385 e. The predicted octanol–water partition coefficient (Wildman–Crippen LogP) is 6.50. The zero-order valence-corrected chi connectivity index (χ0v) is 14.5. The summed E-state index contributed by atoms with van der Waals surface area (Å²) >= 11 is 0. The van der Waals surface area contributed by atoms with Crippen molar-refractivity contribution in [3.8, 4) is 0 Å². The Hall–Kier alpha value is -2.68. The van der Waals surface area contributed by atoms with Crippen LogP contribution in [0.25, 0.3) is 11.3 Å². The summed E-state index contributed by atoms with van der Waals surface area (Å²) in [6, 6.07) is 15.8. The molecule has 124 valence electrons. The van der Waals surface area contributed by atoms with E-state index in [0.717, 1.165) is 46.7 Å². The van der Waals surface area contributed by atoms with Gasteiger partial charge in [0.2, 0.25) is 0 Å². The standard InChI is InChI=1S/C21H25N3/c1-5-6-14-22-17(4)19-8-7-9-21(15-19)24-23-20-12-10-18(11-13-20)16(2)3/h7-13,15,22H,2,4-6,14H2,1,3H3. The van der Waals surface area contributed by atoms with Crippen LogP contribution in [0.3, 0.4) is 0 Å². The molecule has 3 heteroatoms. The Labute approximate surface area is 144 Å². The first-order valence-electron chi connectivity index (χ1n) is 8.31. The van der Waals surface area contributed by atoms with Gasteiger partial charge < -0.3 is 5.32 Å². The van der Waals surface area contributed by atoms with E-state index in [0.29, 0.717) is 0 Å². The summed E-state index contributed by atoms with van der Waals surface area (Å²) in [5, 5.41) is 12.0. The molecular formula is C21H25N3. The van der Waals surface area contributed by atoms with Crippen LogP contribution in [0.15, 0.2) is 71.9 Å². The maximum Gasteiger partial charge on any atom is 0.0863 e. The van der Waals surface area contributed by atoms with Gasteiger partial charge in [-0.05, 0) is 48.7 Å². The number of allylic oxidation sites excluding steroid dienone is 1. The number of hydrogen-bond donors (Lipinski definition) is 1. The van der Waals surface area contributed by atoms with E-state index in [1.54, 1.807) is 0 Å². The van der Waals surface area contributed by atoms with Gasteiger partial charge in [-0.1, -0.05) is 56.3 Å². The van der Waals surface area contributed by atoms with Crippen molar-refractivity contribution in [2.24, 2.45) is 10.2 Å². The first-order valence-corrected chi connectivity index (χ1v) is 8.31. The van der Waals surface area contributed by atoms with E-state index in [1.807, 2.05) is 55.5 Å². The lowest BCUT2D eigenvalue weighted by Crippen LogP contribution is -2.12. The summed E-state index contributed by atoms with van der Waals surface area (Å²) < 4.78 is 0. The van der Waals surface area contributed by atoms with Gasteiger partial charge in [0.1, 0.15) is 0 Å². The maximum atomic E-state index is 4.32. The molecule has 2 aromatic rings. The van der Waals surface area contributed by atoms with Crippen LogP contribution in [0.5, 0.6) is 0 Å². The summed E-state index contributed by atoms with van der Waals surface area (Å²) in [6.45, 7) is 13.1. The van der Waals surface area contributed by atoms with E-state index >= 15 is 0 Å². The summed E-state index contributed by atoms with van der Waals surface area (Å²) in [5.41, 5.74) is 5.76. The van der Waals surface area contributed by atoms with Crippen molar-refractivity contribution in [2.75, 3.05) is 6.54 Å². The first-order chi connectivity index (χ1) is 11.6. The highest BCUT2D eigenvalue weighted by atomic mass is 15.1. The highest BCUT2D eigenvalue weighted by Crippen LogP contribution is 2.22. The molecule has 0 radical (unpaired) electrons. The van der Waals surface area contributed by atoms with E-state index < -0.39 is 0 Å². The van der Waals surface area contributed by atoms with Gasteiger partial charge in [0, 0.05) is 12.2 Å². The average molecular weight is 319 g/mol. The average Bonchev–Trinajstić information content (AvgIpc) is 2.60. The number of hydrogen-bond acceptors (Lipinski definition) is 3. The Morgan fingerprint density at radius 2 is 1.67 bits per heavy atom. The molecule has 1 N–H and O–H groups in total. The van der Waals surface area contributed by atoms with Crippen molar-refractivity contribution < 1.29 is 0 Å². The third-order valence-corrected chi connectivity index (χ3v) is 3.70. The van der Waals surface area contributed by atoms with E-state index in [2.05, 4.69) is 35.6 Å². The summed E-state index contributed by atoms with van der Waals surface area (Å²) in [4.78, 5) is 0. The van der Waals surface area contributed by atoms with Crippen LogP contribution < -0.4 is 5.32 Å². The van der Waals surface area contributed by atoms with Crippen LogP contribution in [0.2, 0.25) is 0 Å². The Morgan fingerprint density at radius 3 is 2.33 bits per heavy atom. The van der Waals surface area contributed by atoms with Crippen LogP contribution in [-0.4, -0.2) is 6.54 Å². The summed E-state index contributed by atoms with van der Waals surface area (Å²) in [7, 11) is 0. The van der Waals surface area contributed by atoms with E-state index in [-0.39, 0.29) is 0 Å². The zero-order chi connectivity index (χ0) is 17.4. The van der Waals surface area contributed by atoms with E-state index in [1.165, 1.54) is 6.42 Å². The Balaban J connectivity index is 2.05. The number of azo groups is 1. The predicted molar refractivity (Wildman–Crippen MR) is 104 cm³/mol. The lowest BCUT2D eigenvalue weighted by Gasteiger charge is -2.09. The van der Waals surface area contributed by atoms with Crippen LogP contribution in [-0.2, 0) is 0 Å². The number of benzene rings is 2. The monoisotopic (exact) mass is 319 g/mol. The first kappa shape index (κ1) is 17.7. The lowest BCUT2D eigenvalue weighted by atomic mass is 10.1. The highest BCUT2D eigenvalue weighted by molar-refractivity contribution is 5.65. The van der Waals surface area contributed by atoms with Gasteiger partial charge >= 0.3 is 0 Å². The Morgan fingerprint density at radius 1 is 0.958 bits per heavy atom. The molecule has 0 aliphatic heterocycles. The molecule has 3 nitrogen and oxygen atoms in total. The molecule has 0 amide bonds. The normalized spacial score (nSPS) is 10.8. The van der Waals surface area contributed by atoms with Crippen molar-refractivity contribution in [1.29, 1.82) is 0 Å². The molecule has 2 rings (SSSR count). The van der Waals surface area contributed by atoms with Crippen molar-refractivity contribution in [2.45, 2.75) is 26.7 Å². The summed E-state index contributed by atoms with van der Waals surface area (Å²) in [6.07, 6.45) is 2.30. The molecule has 0 atom stereocenters. The van der Waals surface area contributed by atoms with Gasteiger partial charge in [0.25, 0.3) is 0 Å². The minimum absolute atomic E-state index is 0.815. The smallest absolute Gasteiger partial charge is 0.0863 e. The molecule has 0 aromatic heterocycles. The molecule has 0 fully saturated rings. The number of unbranched alkanes of at least 4 members (excludes halogenated alkanes) is 1. The van der Waals surface area contributed by atoms with Crippen LogP contribution in [0, 0.1) is 0 Å². The number of nitrogens with one attached hydrogen (secondary N) is 1. The van der Waals surface area contributed by atoms with Crippen molar-refractivity contribution in [1.82, 2.24) is 5.32 Å². The fraction of sp³-hybridized carbons (Fsp3) is 0.238. The molecule has 0 aliphatic carbocycles. The second-order valence-corrected chi connectivity index (χ2v) is 5.84. The third kappa shape index (κ3) is 5.20. The molecule has 2 aromatic carbocycles. The molecule has 0 spiro atoms. The summed E-state index contributed by atoms with van der Waals surface area (Å²) in [5.74, 6) is 0. The molecule has 0 saturated carbocycles. The van der Waals surface area contributed by atoms with E-state index in [9.17, 15) is 0 Å². The van der Waals surface area contributed by atoms with Crippen LogP contribution >= 0.6 is 0 Å². The van der Waals surface area contributed by atoms with Crippen LogP contribution in [0.4, 0.5) is 11.4 Å². The lowest BCUT2D eigenvalue weighted by molar-refractivity contribution is 0.745. The molecule has 0 unspecified atom stereocenters. The van der Waals surface area contributed by atoms with Crippen LogP contribution in [0.1, 0.15) is 37.8 Å². The van der Waals surface area contributed by atoms with Gasteiger partial charge in [0.15, 0.2) is 0 Å². The fourth-order valence-corrected chi connectivity index (χ4v) is 2.20. The topological polar surface area (TPSA) is 36.8 Å². The van der Waals surface area contributed by atoms with Gasteiger partial charge in [-0.2, -0.15) is 10.2 Å². The van der Waals surface area contributed by atoms with Crippen molar-refractivity contribution in [3.05, 3.63) is 72.8 Å². The third-order valence-electron chi connectivity index (χ3n) is 3.70. The Kier molecular flexibility index (Phi) is 6.50.